The molecule has 0 radical (unpaired) electrons. The number of benzene rings is 1. The van der Waals surface area contributed by atoms with Gasteiger partial charge in [0, 0.05) is 68.5 Å². The lowest BCUT2D eigenvalue weighted by Crippen LogP contribution is -2.65. The van der Waals surface area contributed by atoms with Crippen molar-refractivity contribution in [2.24, 2.45) is 23.7 Å². The minimum Gasteiger partial charge on any atom is -0.378 e. The number of hydrogen-bond donors (Lipinski definition) is 3. The Morgan fingerprint density at radius 1 is 0.650 bits per heavy atom. The van der Waals surface area contributed by atoms with Crippen molar-refractivity contribution in [1.29, 1.82) is 0 Å². The molecule has 3 aliphatic carbocycles. The molecule has 556 valence electrons. The summed E-state index contributed by atoms with van der Waals surface area (Å²) in [5.41, 5.74) is -2.35. The van der Waals surface area contributed by atoms with E-state index in [1.807, 2.05) is 20.8 Å². The Bertz CT molecular complexity index is 3190. The second-order valence-electron chi connectivity index (χ2n) is 29.6. The molecule has 29 heteroatoms. The maximum absolute atomic E-state index is 15.7. The molecule has 0 aromatic heterocycles. The first kappa shape index (κ1) is 78.6. The van der Waals surface area contributed by atoms with Crippen molar-refractivity contribution < 1.29 is 75.4 Å². The van der Waals surface area contributed by atoms with E-state index in [9.17, 15) is 41.9 Å². The lowest BCUT2D eigenvalue weighted by Gasteiger charge is -2.45. The smallest absolute Gasteiger partial charge is 0.378 e. The summed E-state index contributed by atoms with van der Waals surface area (Å²) in [5, 5.41) is 8.19. The zero-order valence-corrected chi connectivity index (χ0v) is 60.9. The van der Waals surface area contributed by atoms with Crippen LogP contribution in [0.2, 0.25) is 5.02 Å². The van der Waals surface area contributed by atoms with Gasteiger partial charge in [-0.25, -0.2) is 0 Å². The molecule has 4 saturated heterocycles. The molecule has 7 fully saturated rings. The summed E-state index contributed by atoms with van der Waals surface area (Å²) < 4.78 is 47.2. The summed E-state index contributed by atoms with van der Waals surface area (Å²) in [7, 11) is 8.66. The van der Waals surface area contributed by atoms with Crippen LogP contribution in [0.25, 0.3) is 0 Å². The summed E-state index contributed by atoms with van der Waals surface area (Å²) >= 11 is 6.16. The number of likely N-dealkylation sites (N-methyl/N-ethyl adjacent to an activating group) is 6. The van der Waals surface area contributed by atoms with Crippen molar-refractivity contribution in [3.05, 3.63) is 34.3 Å². The van der Waals surface area contributed by atoms with Gasteiger partial charge >= 0.3 is 6.18 Å². The van der Waals surface area contributed by atoms with Crippen LogP contribution in [0.15, 0.2) is 18.2 Å². The lowest BCUT2D eigenvalue weighted by atomic mass is 9.90. The molecule has 3 N–H and O–H groups in total. The largest absolute Gasteiger partial charge is 0.417 e. The van der Waals surface area contributed by atoms with E-state index in [0.717, 1.165) is 42.7 Å². The first-order chi connectivity index (χ1) is 47.2. The maximum Gasteiger partial charge on any atom is 0.417 e. The van der Waals surface area contributed by atoms with Crippen LogP contribution < -0.4 is 16.0 Å². The fourth-order valence-corrected chi connectivity index (χ4v) is 16.3. The molecular weight excluding hydrogens is 1320 g/mol. The molecule has 12 amide bonds. The number of aryl methyl sites for hydroxylation is 1. The quantitative estimate of drug-likeness (QED) is 0.289. The monoisotopic (exact) mass is 1430 g/mol. The first-order valence-corrected chi connectivity index (χ1v) is 36.4. The first-order valence-electron chi connectivity index (χ1n) is 36.1. The molecule has 25 nitrogen and oxygen atoms in total. The standard InChI is InChI=1S/C71H106ClF3N12O13/c1-12-43(4)57-66(96)80(7)44(5)62(92)87-33-29-52(87)64(94)83(10)58(46-20-13-14-21-46)67(97)79(6)41-55(88)76-50(28-26-45-25-27-48(49(72)39-45)71(73,74)75)63(93)86-32-19-24-51(86)61(91)78-70(30-17-18-31-70)69(99)84(11)59(47-22-15-16-23-47)68(98)82(9)54(65(95)85-34-36-100-37-35-85)40-56(89)81(8)53(38-42(2)3)60(90)77-57/h25,27,39,42-44,46-47,50-54,57-59H,12-24,26,28-38,40-41H2,1-11H3,(H,76,88)(H,77,90)(H,78,91)/t43-,44-,50-,51-,52-,53-,54-,57-,58-,59-/m0/s1. The Morgan fingerprint density at radius 2 is 1.25 bits per heavy atom. The molecule has 3 saturated carbocycles. The van der Waals surface area contributed by atoms with E-state index < -0.39 is 172 Å². The molecule has 1 aromatic carbocycles. The zero-order valence-electron chi connectivity index (χ0n) is 60.2. The Morgan fingerprint density at radius 3 is 1.81 bits per heavy atom. The molecule has 100 heavy (non-hydrogen) atoms. The van der Waals surface area contributed by atoms with Gasteiger partial charge in [-0.2, -0.15) is 13.2 Å². The van der Waals surface area contributed by atoms with Gasteiger partial charge in [-0.05, 0) is 125 Å². The number of halogens is 4. The molecule has 8 rings (SSSR count). The van der Waals surface area contributed by atoms with Crippen molar-refractivity contribution in [3.63, 3.8) is 0 Å². The van der Waals surface area contributed by atoms with Crippen LogP contribution in [0, 0.1) is 23.7 Å². The van der Waals surface area contributed by atoms with Gasteiger partial charge in [0.25, 0.3) is 0 Å². The summed E-state index contributed by atoms with van der Waals surface area (Å²) in [4.78, 5) is 192. The lowest BCUT2D eigenvalue weighted by molar-refractivity contribution is -0.161. The molecule has 7 aliphatic rings. The molecule has 0 unspecified atom stereocenters. The number of rotatable bonds is 10. The van der Waals surface area contributed by atoms with E-state index in [-0.39, 0.29) is 96.2 Å². The van der Waals surface area contributed by atoms with Gasteiger partial charge in [-0.3, -0.25) is 57.5 Å². The van der Waals surface area contributed by atoms with Gasteiger partial charge in [0.1, 0.15) is 59.9 Å². The van der Waals surface area contributed by atoms with Crippen LogP contribution in [0.1, 0.15) is 168 Å². The topological polar surface area (TPSA) is 279 Å². The fourth-order valence-electron chi connectivity index (χ4n) is 16.0. The molecule has 1 spiro atoms. The number of amides is 12. The predicted octanol–water partition coefficient (Wildman–Crippen LogP) is 4.63. The van der Waals surface area contributed by atoms with Crippen molar-refractivity contribution in [3.8, 4) is 0 Å². The Kier molecular flexibility index (Phi) is 26.6. The van der Waals surface area contributed by atoms with Crippen molar-refractivity contribution in [2.45, 2.75) is 229 Å². The average Bonchev–Trinajstić information content (AvgIpc) is 1.35. The van der Waals surface area contributed by atoms with Crippen LogP contribution in [-0.4, -0.2) is 263 Å². The molecule has 4 aliphatic heterocycles. The number of ether oxygens (including phenoxy) is 1. The highest BCUT2D eigenvalue weighted by atomic mass is 35.5. The van der Waals surface area contributed by atoms with Crippen molar-refractivity contribution >= 4 is 82.5 Å². The number of nitrogens with one attached hydrogen (secondary N) is 3. The van der Waals surface area contributed by atoms with E-state index in [0.29, 0.717) is 56.9 Å². The highest BCUT2D eigenvalue weighted by Crippen LogP contribution is 2.39. The van der Waals surface area contributed by atoms with Crippen molar-refractivity contribution in [1.82, 2.24) is 60.0 Å². The summed E-state index contributed by atoms with van der Waals surface area (Å²) in [6.45, 7) is 9.12. The normalized spacial score (nSPS) is 28.6. The molecule has 10 atom stereocenters. The number of alkyl halides is 3. The third kappa shape index (κ3) is 17.7. The highest BCUT2D eigenvalue weighted by molar-refractivity contribution is 6.31. The molecular formula is C71H106ClF3N12O13. The van der Waals surface area contributed by atoms with Gasteiger partial charge in [-0.1, -0.05) is 90.3 Å². The number of fused-ring (bicyclic) bond motifs is 2. The number of carbonyl (C=O) groups is 12. The van der Waals surface area contributed by atoms with Crippen LogP contribution >= 0.6 is 11.6 Å². The van der Waals surface area contributed by atoms with E-state index >= 15 is 28.8 Å². The SMILES string of the molecule is CC[C@H](C)[C@@H]1NC(=O)[C@H](CC(C)C)N(C)C(=O)C[C@@H](C(=O)N2CCOCC2)N(C)C(=O)[C@H](C2CCCC2)N(C)C(=O)C2(CCCC2)NC(=O)[C@@H]2CCCN2C(=O)[C@H](CCc2ccc(C(F)(F)F)c(Cl)c2)NC(=O)CN(C)C(=O)[C@H](C2CCCC2)N(C)C(=O)[C@@H]2CCN2C(=O)[C@H](C)N(C)C1=O. The van der Waals surface area contributed by atoms with E-state index in [2.05, 4.69) is 16.0 Å². The third-order valence-electron chi connectivity index (χ3n) is 22.5. The number of carbonyl (C=O) groups excluding carboxylic acids is 12. The average molecular weight is 1430 g/mol. The Hall–Kier alpha value is -7.10. The van der Waals surface area contributed by atoms with Gasteiger partial charge in [0.2, 0.25) is 70.9 Å². The highest BCUT2D eigenvalue weighted by Gasteiger charge is 2.53. The molecule has 4 heterocycles. The van der Waals surface area contributed by atoms with Crippen LogP contribution in [-0.2, 0) is 74.9 Å². The van der Waals surface area contributed by atoms with Gasteiger partial charge in [0.15, 0.2) is 0 Å². The molecule has 1 aromatic rings. The fraction of sp³-hybridized carbons (Fsp3) is 0.746. The second kappa shape index (κ2) is 33.8. The summed E-state index contributed by atoms with van der Waals surface area (Å²) in [6.07, 6.45) is 2.14. The van der Waals surface area contributed by atoms with Crippen LogP contribution in [0.5, 0.6) is 0 Å². The Balaban J connectivity index is 1.18. The predicted molar refractivity (Wildman–Crippen MR) is 364 cm³/mol. The van der Waals surface area contributed by atoms with E-state index in [1.54, 1.807) is 6.92 Å². The second-order valence-corrected chi connectivity index (χ2v) is 30.0. The van der Waals surface area contributed by atoms with E-state index in [1.165, 1.54) is 94.5 Å². The number of hydrogen-bond acceptors (Lipinski definition) is 13. The van der Waals surface area contributed by atoms with Gasteiger partial charge in [-0.15, -0.1) is 0 Å². The summed E-state index contributed by atoms with van der Waals surface area (Å²) in [6, 6.07) is -7.80. The summed E-state index contributed by atoms with van der Waals surface area (Å²) in [5.74, 6) is -9.06. The van der Waals surface area contributed by atoms with Crippen LogP contribution in [0.4, 0.5) is 13.2 Å². The number of nitrogens with zero attached hydrogens (tertiary/aromatic N) is 9. The van der Waals surface area contributed by atoms with Gasteiger partial charge in [0.05, 0.1) is 36.8 Å². The van der Waals surface area contributed by atoms with Crippen LogP contribution in [0.3, 0.4) is 0 Å². The minimum absolute atomic E-state index is 0.0350. The minimum atomic E-state index is -4.76. The maximum atomic E-state index is 15.7. The third-order valence-corrected chi connectivity index (χ3v) is 22.8. The zero-order chi connectivity index (χ0) is 73.4. The Labute approximate surface area is 590 Å². The number of morpholine rings is 1. The van der Waals surface area contributed by atoms with E-state index in [4.69, 9.17) is 16.3 Å². The molecule has 0 bridgehead atoms. The van der Waals surface area contributed by atoms with Gasteiger partial charge < -0.3 is 64.8 Å². The van der Waals surface area contributed by atoms with Crippen molar-refractivity contribution in [2.75, 3.05) is 88.2 Å².